The normalized spacial score (nSPS) is 35.0. The smallest absolute Gasteiger partial charge is 0.223 e. The summed E-state index contributed by atoms with van der Waals surface area (Å²) in [4.78, 5) is 29.2. The predicted molar refractivity (Wildman–Crippen MR) is 122 cm³/mol. The molecule has 2 aliphatic heterocycles. The Morgan fingerprint density at radius 2 is 1.35 bits per heavy atom. The lowest BCUT2D eigenvalue weighted by atomic mass is 9.49. The van der Waals surface area contributed by atoms with Crippen molar-refractivity contribution in [2.24, 2.45) is 23.2 Å². The second kappa shape index (κ2) is 7.93. The minimum atomic E-state index is 0.346. The van der Waals surface area contributed by atoms with E-state index in [1.807, 2.05) is 0 Å². The molecule has 4 bridgehead atoms. The van der Waals surface area contributed by atoms with Gasteiger partial charge in [-0.15, -0.1) is 0 Å². The van der Waals surface area contributed by atoms with E-state index in [9.17, 15) is 4.79 Å². The Morgan fingerprint density at radius 1 is 0.806 bits per heavy atom. The molecular formula is C25H37N5O. The zero-order chi connectivity index (χ0) is 20.8. The van der Waals surface area contributed by atoms with Crippen molar-refractivity contribution in [3.63, 3.8) is 0 Å². The average molecular weight is 424 g/mol. The minimum Gasteiger partial charge on any atom is -0.356 e. The number of piperazine rings is 1. The maximum absolute atomic E-state index is 13.3. The second-order valence-electron chi connectivity index (χ2n) is 11.2. The van der Waals surface area contributed by atoms with Gasteiger partial charge in [0.05, 0.1) is 0 Å². The Hall–Kier alpha value is -1.85. The van der Waals surface area contributed by atoms with Crippen molar-refractivity contribution in [1.29, 1.82) is 0 Å². The van der Waals surface area contributed by atoms with Gasteiger partial charge in [0.1, 0.15) is 18.0 Å². The molecular weight excluding hydrogens is 386 g/mol. The highest BCUT2D eigenvalue weighted by molar-refractivity contribution is 5.77. The number of rotatable bonds is 4. The summed E-state index contributed by atoms with van der Waals surface area (Å²) >= 11 is 0. The molecule has 6 fully saturated rings. The van der Waals surface area contributed by atoms with Crippen molar-refractivity contribution < 1.29 is 4.79 Å². The zero-order valence-electron chi connectivity index (χ0n) is 18.8. The van der Waals surface area contributed by atoms with Gasteiger partial charge in [-0.05, 0) is 81.0 Å². The fourth-order valence-electron chi connectivity index (χ4n) is 7.93. The lowest BCUT2D eigenvalue weighted by Crippen LogP contribution is -2.52. The number of carbonyl (C=O) groups excluding carboxylic acids is 1. The molecule has 1 amide bonds. The first-order valence-electron chi connectivity index (χ1n) is 12.8. The SMILES string of the molecule is O=C(CC12CC3CC(CC(C3)C1)C2)N1CCN(c2cc(N3CCCCC3)ncn2)CC1. The molecule has 0 unspecified atom stereocenters. The molecule has 0 atom stereocenters. The third-order valence-electron chi connectivity index (χ3n) is 8.97. The molecule has 4 aliphatic carbocycles. The van der Waals surface area contributed by atoms with Crippen LogP contribution in [-0.4, -0.2) is 60.0 Å². The van der Waals surface area contributed by atoms with Gasteiger partial charge in [0.25, 0.3) is 0 Å². The Morgan fingerprint density at radius 3 is 1.94 bits per heavy atom. The summed E-state index contributed by atoms with van der Waals surface area (Å²) in [7, 11) is 0. The van der Waals surface area contributed by atoms with E-state index >= 15 is 0 Å². The molecule has 0 aromatic carbocycles. The first-order valence-corrected chi connectivity index (χ1v) is 12.8. The summed E-state index contributed by atoms with van der Waals surface area (Å²) in [6.07, 6.45) is 14.7. The Balaban J connectivity index is 1.06. The largest absolute Gasteiger partial charge is 0.356 e. The lowest BCUT2D eigenvalue weighted by Gasteiger charge is -2.57. The van der Waals surface area contributed by atoms with E-state index in [4.69, 9.17) is 0 Å². The molecule has 6 aliphatic rings. The molecule has 2 saturated heterocycles. The van der Waals surface area contributed by atoms with E-state index in [2.05, 4.69) is 30.7 Å². The standard InChI is InChI=1S/C25H37N5O/c31-24(17-25-14-19-10-20(15-25)12-21(11-19)16-25)30-8-6-29(7-9-30)23-13-22(26-18-27-23)28-4-2-1-3-5-28/h13,18-21H,1-12,14-17H2. The van der Waals surface area contributed by atoms with E-state index in [0.717, 1.165) is 75.1 Å². The van der Waals surface area contributed by atoms with Crippen molar-refractivity contribution >= 4 is 17.5 Å². The van der Waals surface area contributed by atoms with E-state index < -0.39 is 0 Å². The summed E-state index contributed by atoms with van der Waals surface area (Å²) in [5.74, 6) is 5.25. The highest BCUT2D eigenvalue weighted by Crippen LogP contribution is 2.61. The first-order chi connectivity index (χ1) is 15.2. The van der Waals surface area contributed by atoms with Crippen LogP contribution in [0.4, 0.5) is 11.6 Å². The van der Waals surface area contributed by atoms with Crippen molar-refractivity contribution in [1.82, 2.24) is 14.9 Å². The number of carbonyl (C=O) groups is 1. The average Bonchev–Trinajstić information content (AvgIpc) is 2.79. The highest BCUT2D eigenvalue weighted by Gasteiger charge is 2.51. The van der Waals surface area contributed by atoms with Gasteiger partial charge in [0.15, 0.2) is 0 Å². The monoisotopic (exact) mass is 423 g/mol. The molecule has 6 nitrogen and oxygen atoms in total. The number of anilines is 2. The quantitative estimate of drug-likeness (QED) is 0.739. The number of nitrogens with zero attached hydrogens (tertiary/aromatic N) is 5. The maximum atomic E-state index is 13.3. The third kappa shape index (κ3) is 3.91. The van der Waals surface area contributed by atoms with Gasteiger partial charge in [-0.3, -0.25) is 4.79 Å². The molecule has 31 heavy (non-hydrogen) atoms. The fraction of sp³-hybridized carbons (Fsp3) is 0.800. The van der Waals surface area contributed by atoms with Gasteiger partial charge in [0.2, 0.25) is 5.91 Å². The van der Waals surface area contributed by atoms with Crippen molar-refractivity contribution in [3.05, 3.63) is 12.4 Å². The van der Waals surface area contributed by atoms with Crippen LogP contribution in [0.1, 0.15) is 64.2 Å². The van der Waals surface area contributed by atoms with Gasteiger partial charge >= 0.3 is 0 Å². The van der Waals surface area contributed by atoms with E-state index in [1.165, 1.54) is 57.8 Å². The number of piperidine rings is 1. The molecule has 1 aromatic heterocycles. The van der Waals surface area contributed by atoms with Gasteiger partial charge in [0, 0.05) is 51.8 Å². The zero-order valence-corrected chi connectivity index (χ0v) is 18.8. The molecule has 7 rings (SSSR count). The lowest BCUT2D eigenvalue weighted by molar-refractivity contribution is -0.139. The van der Waals surface area contributed by atoms with Crippen molar-refractivity contribution in [2.75, 3.05) is 49.1 Å². The summed E-state index contributed by atoms with van der Waals surface area (Å²) in [6, 6.07) is 2.15. The van der Waals surface area contributed by atoms with Crippen LogP contribution in [0.3, 0.4) is 0 Å². The van der Waals surface area contributed by atoms with Crippen LogP contribution in [0.25, 0.3) is 0 Å². The Bertz CT molecular complexity index is 777. The Labute approximate surface area is 186 Å². The van der Waals surface area contributed by atoms with Crippen molar-refractivity contribution in [3.8, 4) is 0 Å². The molecule has 168 valence electrons. The summed E-state index contributed by atoms with van der Waals surface area (Å²) in [6.45, 7) is 5.61. The van der Waals surface area contributed by atoms with Gasteiger partial charge < -0.3 is 14.7 Å². The first kappa shape index (κ1) is 19.8. The van der Waals surface area contributed by atoms with Gasteiger partial charge in [-0.2, -0.15) is 0 Å². The molecule has 0 spiro atoms. The maximum Gasteiger partial charge on any atom is 0.223 e. The van der Waals surface area contributed by atoms with Crippen LogP contribution in [0.5, 0.6) is 0 Å². The van der Waals surface area contributed by atoms with Crippen molar-refractivity contribution in [2.45, 2.75) is 64.2 Å². The van der Waals surface area contributed by atoms with Crippen LogP contribution >= 0.6 is 0 Å². The van der Waals surface area contributed by atoms with E-state index in [-0.39, 0.29) is 0 Å². The third-order valence-corrected chi connectivity index (χ3v) is 8.97. The summed E-state index contributed by atoms with van der Waals surface area (Å²) < 4.78 is 0. The van der Waals surface area contributed by atoms with E-state index in [0.29, 0.717) is 11.3 Å². The molecule has 4 saturated carbocycles. The van der Waals surface area contributed by atoms with Crippen LogP contribution in [0.2, 0.25) is 0 Å². The van der Waals surface area contributed by atoms with Gasteiger partial charge in [-0.25, -0.2) is 9.97 Å². The molecule has 0 radical (unpaired) electrons. The van der Waals surface area contributed by atoms with Gasteiger partial charge in [-0.1, -0.05) is 0 Å². The summed E-state index contributed by atoms with van der Waals surface area (Å²) in [5, 5.41) is 0. The fourth-order valence-corrected chi connectivity index (χ4v) is 7.93. The minimum absolute atomic E-state index is 0.346. The summed E-state index contributed by atoms with van der Waals surface area (Å²) in [5.41, 5.74) is 0.346. The number of hydrogen-bond acceptors (Lipinski definition) is 5. The number of aromatic nitrogens is 2. The second-order valence-corrected chi connectivity index (χ2v) is 11.2. The Kier molecular flexibility index (Phi) is 5.07. The van der Waals surface area contributed by atoms with Crippen LogP contribution in [0, 0.1) is 23.2 Å². The van der Waals surface area contributed by atoms with E-state index in [1.54, 1.807) is 6.33 Å². The number of amides is 1. The predicted octanol–water partition coefficient (Wildman–Crippen LogP) is 3.72. The molecule has 3 heterocycles. The number of hydrogen-bond donors (Lipinski definition) is 0. The van der Waals surface area contributed by atoms with Crippen LogP contribution in [0.15, 0.2) is 12.4 Å². The highest BCUT2D eigenvalue weighted by atomic mass is 16.2. The topological polar surface area (TPSA) is 52.6 Å². The van der Waals surface area contributed by atoms with Crippen LogP contribution in [-0.2, 0) is 4.79 Å². The van der Waals surface area contributed by atoms with Crippen LogP contribution < -0.4 is 9.80 Å². The molecule has 1 aromatic rings. The molecule has 6 heteroatoms. The molecule has 0 N–H and O–H groups in total.